The SMILES string of the molecule is CCc1ccc(NC2=C(c3ccc(C)cc3C)C(=O)N(c3ccc(NC(C)=O)cc3)C2=O)cc1. The van der Waals surface area contributed by atoms with E-state index in [9.17, 15) is 14.4 Å². The number of imide groups is 1. The van der Waals surface area contributed by atoms with Gasteiger partial charge in [0, 0.05) is 18.3 Å². The van der Waals surface area contributed by atoms with Gasteiger partial charge in [-0.25, -0.2) is 4.90 Å². The zero-order valence-electron chi connectivity index (χ0n) is 19.7. The minimum absolute atomic E-state index is 0.194. The number of anilines is 3. The molecule has 3 aromatic carbocycles. The molecule has 0 fully saturated rings. The zero-order chi connectivity index (χ0) is 24.4. The fourth-order valence-electron chi connectivity index (χ4n) is 4.09. The summed E-state index contributed by atoms with van der Waals surface area (Å²) in [6, 6.07) is 20.3. The minimum Gasteiger partial charge on any atom is -0.350 e. The molecule has 1 heterocycles. The molecule has 3 amide bonds. The van der Waals surface area contributed by atoms with E-state index in [1.807, 2.05) is 56.3 Å². The highest BCUT2D eigenvalue weighted by Gasteiger charge is 2.40. The van der Waals surface area contributed by atoms with E-state index in [1.165, 1.54) is 17.4 Å². The summed E-state index contributed by atoms with van der Waals surface area (Å²) in [5.74, 6) is -1.01. The van der Waals surface area contributed by atoms with E-state index in [1.54, 1.807) is 24.3 Å². The van der Waals surface area contributed by atoms with Crippen LogP contribution in [-0.4, -0.2) is 17.7 Å². The number of rotatable bonds is 6. The molecule has 172 valence electrons. The number of amides is 3. The number of nitrogens with zero attached hydrogens (tertiary/aromatic N) is 1. The summed E-state index contributed by atoms with van der Waals surface area (Å²) < 4.78 is 0. The third-order valence-electron chi connectivity index (χ3n) is 5.81. The highest BCUT2D eigenvalue weighted by atomic mass is 16.2. The third kappa shape index (κ3) is 4.48. The highest BCUT2D eigenvalue weighted by Crippen LogP contribution is 2.35. The molecule has 1 aliphatic rings. The molecule has 0 saturated heterocycles. The van der Waals surface area contributed by atoms with Gasteiger partial charge in [0.1, 0.15) is 5.70 Å². The lowest BCUT2D eigenvalue weighted by Gasteiger charge is -2.16. The second-order valence-electron chi connectivity index (χ2n) is 8.42. The van der Waals surface area contributed by atoms with E-state index in [-0.39, 0.29) is 11.6 Å². The first-order valence-corrected chi connectivity index (χ1v) is 11.2. The monoisotopic (exact) mass is 453 g/mol. The molecule has 0 atom stereocenters. The van der Waals surface area contributed by atoms with Gasteiger partial charge in [-0.3, -0.25) is 14.4 Å². The van der Waals surface area contributed by atoms with Crippen molar-refractivity contribution in [3.63, 3.8) is 0 Å². The number of carbonyl (C=O) groups excluding carboxylic acids is 3. The maximum Gasteiger partial charge on any atom is 0.282 e. The van der Waals surface area contributed by atoms with Crippen LogP contribution >= 0.6 is 0 Å². The lowest BCUT2D eigenvalue weighted by Crippen LogP contribution is -2.32. The Morgan fingerprint density at radius 1 is 0.853 bits per heavy atom. The van der Waals surface area contributed by atoms with Crippen molar-refractivity contribution in [2.24, 2.45) is 0 Å². The van der Waals surface area contributed by atoms with Crippen molar-refractivity contribution in [2.45, 2.75) is 34.1 Å². The van der Waals surface area contributed by atoms with Crippen LogP contribution in [0, 0.1) is 13.8 Å². The lowest BCUT2D eigenvalue weighted by molar-refractivity contribution is -0.120. The van der Waals surface area contributed by atoms with Crippen molar-refractivity contribution in [3.8, 4) is 0 Å². The molecule has 0 radical (unpaired) electrons. The van der Waals surface area contributed by atoms with Crippen molar-refractivity contribution in [3.05, 3.63) is 94.7 Å². The standard InChI is InChI=1S/C28H27N3O3/c1-5-20-7-9-22(10-8-20)30-26-25(24-15-6-17(2)16-18(24)3)27(33)31(28(26)34)23-13-11-21(12-14-23)29-19(4)32/h6-16,30H,5H2,1-4H3,(H,29,32). The second kappa shape index (κ2) is 9.35. The predicted molar refractivity (Wildman–Crippen MR) is 136 cm³/mol. The Labute approximate surface area is 199 Å². The molecule has 1 aliphatic heterocycles. The van der Waals surface area contributed by atoms with E-state index in [0.717, 1.165) is 23.2 Å². The molecule has 3 aromatic rings. The Kier molecular flexibility index (Phi) is 6.32. The molecule has 34 heavy (non-hydrogen) atoms. The van der Waals surface area contributed by atoms with Crippen LogP contribution < -0.4 is 15.5 Å². The second-order valence-corrected chi connectivity index (χ2v) is 8.42. The van der Waals surface area contributed by atoms with E-state index >= 15 is 0 Å². The summed E-state index contributed by atoms with van der Waals surface area (Å²) in [6.07, 6.45) is 0.913. The van der Waals surface area contributed by atoms with Crippen LogP contribution in [0.3, 0.4) is 0 Å². The molecule has 6 nitrogen and oxygen atoms in total. The van der Waals surface area contributed by atoms with Crippen molar-refractivity contribution in [2.75, 3.05) is 15.5 Å². The average Bonchev–Trinajstić information content (AvgIpc) is 3.04. The van der Waals surface area contributed by atoms with Crippen LogP contribution in [0.5, 0.6) is 0 Å². The van der Waals surface area contributed by atoms with Crippen molar-refractivity contribution < 1.29 is 14.4 Å². The molecule has 2 N–H and O–H groups in total. The first-order chi connectivity index (χ1) is 16.3. The number of carbonyl (C=O) groups is 3. The first kappa shape index (κ1) is 23.0. The summed E-state index contributed by atoms with van der Waals surface area (Å²) in [7, 11) is 0. The number of hydrogen-bond acceptors (Lipinski definition) is 4. The number of benzene rings is 3. The van der Waals surface area contributed by atoms with Gasteiger partial charge >= 0.3 is 0 Å². The van der Waals surface area contributed by atoms with Crippen LogP contribution in [0.4, 0.5) is 17.1 Å². The van der Waals surface area contributed by atoms with E-state index in [4.69, 9.17) is 0 Å². The van der Waals surface area contributed by atoms with Crippen LogP contribution in [0.1, 0.15) is 36.1 Å². The fourth-order valence-corrected chi connectivity index (χ4v) is 4.09. The molecular weight excluding hydrogens is 426 g/mol. The molecule has 0 unspecified atom stereocenters. The van der Waals surface area contributed by atoms with E-state index in [0.29, 0.717) is 22.5 Å². The largest absolute Gasteiger partial charge is 0.350 e. The molecule has 0 aromatic heterocycles. The Morgan fingerprint density at radius 3 is 2.09 bits per heavy atom. The maximum atomic E-state index is 13.7. The van der Waals surface area contributed by atoms with Gasteiger partial charge < -0.3 is 10.6 Å². The molecular formula is C28H27N3O3. The summed E-state index contributed by atoms with van der Waals surface area (Å²) >= 11 is 0. The van der Waals surface area contributed by atoms with Crippen molar-refractivity contribution >= 4 is 40.4 Å². The van der Waals surface area contributed by atoms with Crippen LogP contribution in [0.2, 0.25) is 0 Å². The quantitative estimate of drug-likeness (QED) is 0.502. The van der Waals surface area contributed by atoms with Gasteiger partial charge in [-0.1, -0.05) is 42.8 Å². The van der Waals surface area contributed by atoms with Gasteiger partial charge in [0.2, 0.25) is 5.91 Å². The maximum absolute atomic E-state index is 13.7. The van der Waals surface area contributed by atoms with Gasteiger partial charge in [0.05, 0.1) is 11.3 Å². The smallest absolute Gasteiger partial charge is 0.282 e. The topological polar surface area (TPSA) is 78.5 Å². The molecule has 4 rings (SSSR count). The van der Waals surface area contributed by atoms with E-state index in [2.05, 4.69) is 17.6 Å². The van der Waals surface area contributed by atoms with Crippen molar-refractivity contribution in [1.82, 2.24) is 0 Å². The molecule has 0 saturated carbocycles. The first-order valence-electron chi connectivity index (χ1n) is 11.2. The summed E-state index contributed by atoms with van der Waals surface area (Å²) in [5.41, 5.74) is 6.24. The Hall–Kier alpha value is -4.19. The third-order valence-corrected chi connectivity index (χ3v) is 5.81. The van der Waals surface area contributed by atoms with E-state index < -0.39 is 11.8 Å². The predicted octanol–water partition coefficient (Wildman–Crippen LogP) is 5.22. The highest BCUT2D eigenvalue weighted by molar-refractivity contribution is 6.46. The fraction of sp³-hybridized carbons (Fsp3) is 0.179. The molecule has 0 bridgehead atoms. The molecule has 6 heteroatoms. The Morgan fingerprint density at radius 2 is 1.50 bits per heavy atom. The van der Waals surface area contributed by atoms with Crippen LogP contribution in [0.15, 0.2) is 72.4 Å². The van der Waals surface area contributed by atoms with Gasteiger partial charge in [0.25, 0.3) is 11.8 Å². The summed E-state index contributed by atoms with van der Waals surface area (Å²) in [6.45, 7) is 7.43. The zero-order valence-corrected chi connectivity index (χ0v) is 19.7. The number of nitrogens with one attached hydrogen (secondary N) is 2. The Balaban J connectivity index is 1.77. The lowest BCUT2D eigenvalue weighted by atomic mass is 9.97. The van der Waals surface area contributed by atoms with Crippen LogP contribution in [0.25, 0.3) is 5.57 Å². The molecule has 0 spiro atoms. The molecule has 0 aliphatic carbocycles. The van der Waals surface area contributed by atoms with Gasteiger partial charge in [-0.15, -0.1) is 0 Å². The normalized spacial score (nSPS) is 13.5. The summed E-state index contributed by atoms with van der Waals surface area (Å²) in [5, 5.41) is 5.90. The minimum atomic E-state index is -0.424. The van der Waals surface area contributed by atoms with Crippen molar-refractivity contribution in [1.29, 1.82) is 0 Å². The Bertz CT molecular complexity index is 1310. The number of hydrogen-bond donors (Lipinski definition) is 2. The average molecular weight is 454 g/mol. The van der Waals surface area contributed by atoms with Gasteiger partial charge in [-0.2, -0.15) is 0 Å². The van der Waals surface area contributed by atoms with Gasteiger partial charge in [-0.05, 0) is 73.4 Å². The number of aryl methyl sites for hydroxylation is 3. The summed E-state index contributed by atoms with van der Waals surface area (Å²) in [4.78, 5) is 39.7. The van der Waals surface area contributed by atoms with Gasteiger partial charge in [0.15, 0.2) is 0 Å². The van der Waals surface area contributed by atoms with Crippen LogP contribution in [-0.2, 0) is 20.8 Å².